The molecule has 114 valence electrons. The van der Waals surface area contributed by atoms with Gasteiger partial charge in [-0.2, -0.15) is 0 Å². The second-order valence-electron chi connectivity index (χ2n) is 5.24. The summed E-state index contributed by atoms with van der Waals surface area (Å²) in [7, 11) is 1.73. The van der Waals surface area contributed by atoms with Crippen molar-refractivity contribution in [3.8, 4) is 0 Å². The summed E-state index contributed by atoms with van der Waals surface area (Å²) in [6.07, 6.45) is 1.85. The van der Waals surface area contributed by atoms with Crippen molar-refractivity contribution in [3.63, 3.8) is 0 Å². The van der Waals surface area contributed by atoms with E-state index in [-0.39, 0.29) is 6.04 Å². The number of hydrogen-bond donors (Lipinski definition) is 1. The number of likely N-dealkylation sites (N-methyl/N-ethyl adjacent to an activating group) is 1. The summed E-state index contributed by atoms with van der Waals surface area (Å²) in [5.74, 6) is 0. The largest absolute Gasteiger partial charge is 0.383 e. The van der Waals surface area contributed by atoms with Gasteiger partial charge >= 0.3 is 0 Å². The Morgan fingerprint density at radius 2 is 2.05 bits per heavy atom. The van der Waals surface area contributed by atoms with Crippen LogP contribution in [0.15, 0.2) is 18.2 Å². The third kappa shape index (κ3) is 4.65. The van der Waals surface area contributed by atoms with Crippen molar-refractivity contribution in [2.24, 2.45) is 5.73 Å². The van der Waals surface area contributed by atoms with Gasteiger partial charge < -0.3 is 15.4 Å². The van der Waals surface area contributed by atoms with Gasteiger partial charge in [-0.25, -0.2) is 0 Å². The minimum absolute atomic E-state index is 0.186. The highest BCUT2D eigenvalue weighted by atomic mass is 35.5. The van der Waals surface area contributed by atoms with E-state index in [1.807, 2.05) is 12.1 Å². The molecule has 0 heterocycles. The normalized spacial score (nSPS) is 14.1. The molecule has 0 spiro atoms. The van der Waals surface area contributed by atoms with Crippen LogP contribution in [-0.2, 0) is 11.2 Å². The summed E-state index contributed by atoms with van der Waals surface area (Å²) in [5, 5.41) is 0.761. The Labute approximate surface area is 128 Å². The van der Waals surface area contributed by atoms with Crippen LogP contribution in [0.2, 0.25) is 5.02 Å². The quantitative estimate of drug-likeness (QED) is 0.798. The van der Waals surface area contributed by atoms with Crippen LogP contribution in [0.25, 0.3) is 0 Å². The highest BCUT2D eigenvalue weighted by Crippen LogP contribution is 2.27. The Morgan fingerprint density at radius 3 is 2.60 bits per heavy atom. The average molecular weight is 299 g/mol. The molecule has 0 saturated carbocycles. The summed E-state index contributed by atoms with van der Waals surface area (Å²) < 4.78 is 5.28. The second-order valence-corrected chi connectivity index (χ2v) is 5.67. The Balaban J connectivity index is 3.08. The number of hydrogen-bond acceptors (Lipinski definition) is 3. The molecule has 0 aliphatic rings. The smallest absolute Gasteiger partial charge is 0.0663 e. The van der Waals surface area contributed by atoms with Gasteiger partial charge in [0.25, 0.3) is 0 Å². The number of nitrogens with zero attached hydrogens (tertiary/aromatic N) is 1. The maximum Gasteiger partial charge on any atom is 0.0663 e. The lowest BCUT2D eigenvalue weighted by Gasteiger charge is -2.32. The van der Waals surface area contributed by atoms with Crippen LogP contribution in [0.4, 0.5) is 5.69 Å². The molecule has 0 saturated heterocycles. The Morgan fingerprint density at radius 1 is 1.35 bits per heavy atom. The molecule has 0 aromatic heterocycles. The summed E-state index contributed by atoms with van der Waals surface area (Å²) >= 11 is 6.18. The van der Waals surface area contributed by atoms with Gasteiger partial charge in [-0.05, 0) is 44.4 Å². The fourth-order valence-electron chi connectivity index (χ4n) is 2.45. The van der Waals surface area contributed by atoms with E-state index < -0.39 is 0 Å². The van der Waals surface area contributed by atoms with Crippen molar-refractivity contribution in [3.05, 3.63) is 28.8 Å². The molecule has 20 heavy (non-hydrogen) atoms. The molecule has 0 aliphatic heterocycles. The van der Waals surface area contributed by atoms with E-state index in [9.17, 15) is 0 Å². The standard InChI is InChI=1S/C16H27ClN2O/c1-5-15(18)9-13-7-8-14(17)10-16(13)19(6-2)12(3)11-20-4/h7-8,10,12,15H,5-6,9,11,18H2,1-4H3. The van der Waals surface area contributed by atoms with Crippen molar-refractivity contribution in [1.29, 1.82) is 0 Å². The van der Waals surface area contributed by atoms with E-state index in [0.29, 0.717) is 12.6 Å². The molecule has 2 atom stereocenters. The molecule has 2 unspecified atom stereocenters. The first-order valence-electron chi connectivity index (χ1n) is 7.33. The zero-order valence-electron chi connectivity index (χ0n) is 13.0. The van der Waals surface area contributed by atoms with E-state index >= 15 is 0 Å². The van der Waals surface area contributed by atoms with Gasteiger partial charge in [0.05, 0.1) is 6.61 Å². The molecular formula is C16H27ClN2O. The highest BCUT2D eigenvalue weighted by molar-refractivity contribution is 6.30. The molecule has 0 amide bonds. The van der Waals surface area contributed by atoms with E-state index in [0.717, 1.165) is 24.4 Å². The number of ether oxygens (including phenoxy) is 1. The minimum Gasteiger partial charge on any atom is -0.383 e. The van der Waals surface area contributed by atoms with Crippen LogP contribution in [0.3, 0.4) is 0 Å². The molecule has 1 rings (SSSR count). The Bertz CT molecular complexity index is 411. The first-order chi connectivity index (χ1) is 9.53. The predicted octanol–water partition coefficient (Wildman–Crippen LogP) is 3.48. The monoisotopic (exact) mass is 298 g/mol. The molecular weight excluding hydrogens is 272 g/mol. The second kappa shape index (κ2) is 8.50. The fraction of sp³-hybridized carbons (Fsp3) is 0.625. The number of methoxy groups -OCH3 is 1. The number of nitrogens with two attached hydrogens (primary N) is 1. The summed E-state index contributed by atoms with van der Waals surface area (Å²) in [6.45, 7) is 8.04. The van der Waals surface area contributed by atoms with Crippen LogP contribution < -0.4 is 10.6 Å². The zero-order chi connectivity index (χ0) is 15.1. The van der Waals surface area contributed by atoms with Crippen LogP contribution >= 0.6 is 11.6 Å². The molecule has 1 aromatic rings. The topological polar surface area (TPSA) is 38.5 Å². The lowest BCUT2D eigenvalue weighted by Crippen LogP contribution is -2.37. The molecule has 0 fully saturated rings. The number of halogens is 1. The van der Waals surface area contributed by atoms with Gasteiger partial charge in [-0.3, -0.25) is 0 Å². The van der Waals surface area contributed by atoms with Crippen LogP contribution in [0.1, 0.15) is 32.8 Å². The summed E-state index contributed by atoms with van der Waals surface area (Å²) in [5.41, 5.74) is 8.54. The molecule has 1 aromatic carbocycles. The Hall–Kier alpha value is -0.770. The van der Waals surface area contributed by atoms with E-state index in [2.05, 4.69) is 31.7 Å². The Kier molecular flexibility index (Phi) is 7.35. The molecule has 3 nitrogen and oxygen atoms in total. The number of benzene rings is 1. The van der Waals surface area contributed by atoms with E-state index in [1.165, 1.54) is 11.3 Å². The SMILES string of the molecule is CCC(N)Cc1ccc(Cl)cc1N(CC)C(C)COC. The maximum atomic E-state index is 6.18. The maximum absolute atomic E-state index is 6.18. The third-order valence-corrected chi connectivity index (χ3v) is 3.88. The lowest BCUT2D eigenvalue weighted by molar-refractivity contribution is 0.182. The van der Waals surface area contributed by atoms with Gasteiger partial charge in [0.1, 0.15) is 0 Å². The highest BCUT2D eigenvalue weighted by Gasteiger charge is 2.17. The van der Waals surface area contributed by atoms with Crippen molar-refractivity contribution in [1.82, 2.24) is 0 Å². The summed E-state index contributed by atoms with van der Waals surface area (Å²) in [6, 6.07) is 6.56. The first kappa shape index (κ1) is 17.3. The molecule has 4 heteroatoms. The van der Waals surface area contributed by atoms with Gasteiger partial charge in [-0.1, -0.05) is 24.6 Å². The van der Waals surface area contributed by atoms with Gasteiger partial charge in [0.2, 0.25) is 0 Å². The average Bonchev–Trinajstić information content (AvgIpc) is 2.42. The van der Waals surface area contributed by atoms with Gasteiger partial charge in [0, 0.05) is 36.4 Å². The number of rotatable bonds is 8. The van der Waals surface area contributed by atoms with Crippen LogP contribution in [0, 0.1) is 0 Å². The van der Waals surface area contributed by atoms with Crippen LogP contribution in [-0.4, -0.2) is 32.3 Å². The lowest BCUT2D eigenvalue weighted by atomic mass is 10.0. The van der Waals surface area contributed by atoms with Crippen LogP contribution in [0.5, 0.6) is 0 Å². The van der Waals surface area contributed by atoms with Crippen molar-refractivity contribution < 1.29 is 4.74 Å². The minimum atomic E-state index is 0.186. The van der Waals surface area contributed by atoms with Crippen molar-refractivity contribution >= 4 is 17.3 Å². The van der Waals surface area contributed by atoms with E-state index in [1.54, 1.807) is 7.11 Å². The predicted molar refractivity (Wildman–Crippen MR) is 87.8 cm³/mol. The molecule has 0 radical (unpaired) electrons. The molecule has 0 aliphatic carbocycles. The van der Waals surface area contributed by atoms with Crippen molar-refractivity contribution in [2.75, 3.05) is 25.2 Å². The van der Waals surface area contributed by atoms with Crippen molar-refractivity contribution in [2.45, 2.75) is 45.7 Å². The third-order valence-electron chi connectivity index (χ3n) is 3.64. The summed E-state index contributed by atoms with van der Waals surface area (Å²) in [4.78, 5) is 2.33. The number of anilines is 1. The first-order valence-corrected chi connectivity index (χ1v) is 7.70. The molecule has 2 N–H and O–H groups in total. The zero-order valence-corrected chi connectivity index (χ0v) is 13.8. The fourth-order valence-corrected chi connectivity index (χ4v) is 2.62. The van der Waals surface area contributed by atoms with Gasteiger partial charge in [0.15, 0.2) is 0 Å². The molecule has 0 bridgehead atoms. The van der Waals surface area contributed by atoms with Gasteiger partial charge in [-0.15, -0.1) is 0 Å². The van der Waals surface area contributed by atoms with E-state index in [4.69, 9.17) is 22.1 Å².